The molecule has 1 unspecified atom stereocenters. The second-order valence-corrected chi connectivity index (χ2v) is 7.59. The molecule has 2 N–H and O–H groups in total. The van der Waals surface area contributed by atoms with Gasteiger partial charge < -0.3 is 5.11 Å². The van der Waals surface area contributed by atoms with Crippen molar-refractivity contribution < 1.29 is 13.5 Å². The molecule has 0 aromatic heterocycles. The van der Waals surface area contributed by atoms with Crippen LogP contribution >= 0.6 is 0 Å². The van der Waals surface area contributed by atoms with Gasteiger partial charge in [0.2, 0.25) is 0 Å². The third kappa shape index (κ3) is 6.21. The zero-order valence-corrected chi connectivity index (χ0v) is 13.0. The summed E-state index contributed by atoms with van der Waals surface area (Å²) < 4.78 is 28.3. The highest BCUT2D eigenvalue weighted by Crippen LogP contribution is 2.17. The van der Waals surface area contributed by atoms with Crippen LogP contribution in [0, 0.1) is 11.8 Å². The molecule has 1 aliphatic heterocycles. The van der Waals surface area contributed by atoms with Gasteiger partial charge in [-0.2, -0.15) is 12.7 Å². The van der Waals surface area contributed by atoms with E-state index in [2.05, 4.69) is 18.6 Å². The average Bonchev–Trinajstić information content (AvgIpc) is 2.38. The van der Waals surface area contributed by atoms with E-state index in [0.29, 0.717) is 25.6 Å². The van der Waals surface area contributed by atoms with Gasteiger partial charge in [-0.3, -0.25) is 0 Å². The molecule has 114 valence electrons. The molecule has 1 heterocycles. The normalized spacial score (nSPS) is 22.0. The molecule has 0 aromatic carbocycles. The van der Waals surface area contributed by atoms with E-state index in [1.165, 1.54) is 4.31 Å². The minimum Gasteiger partial charge on any atom is -0.396 e. The molecule has 1 fully saturated rings. The van der Waals surface area contributed by atoms with E-state index in [1.807, 2.05) is 0 Å². The number of nitrogens with one attached hydrogen (secondary N) is 1. The molecule has 19 heavy (non-hydrogen) atoms. The molecule has 1 rings (SSSR count). The van der Waals surface area contributed by atoms with Gasteiger partial charge in [0.1, 0.15) is 0 Å². The second-order valence-electron chi connectivity index (χ2n) is 5.84. The van der Waals surface area contributed by atoms with Crippen molar-refractivity contribution >= 4 is 10.2 Å². The van der Waals surface area contributed by atoms with Gasteiger partial charge >= 0.3 is 0 Å². The van der Waals surface area contributed by atoms with Crippen molar-refractivity contribution in [1.82, 2.24) is 9.03 Å². The van der Waals surface area contributed by atoms with Gasteiger partial charge in [0.25, 0.3) is 10.2 Å². The lowest BCUT2D eigenvalue weighted by molar-refractivity contribution is 0.165. The Kier molecular flexibility index (Phi) is 7.28. The van der Waals surface area contributed by atoms with E-state index in [-0.39, 0.29) is 12.5 Å². The van der Waals surface area contributed by atoms with Gasteiger partial charge in [-0.15, -0.1) is 0 Å². The first-order chi connectivity index (χ1) is 8.95. The predicted molar refractivity (Wildman–Crippen MR) is 77.0 cm³/mol. The molecule has 0 saturated carbocycles. The molecule has 0 amide bonds. The molecule has 0 radical (unpaired) electrons. The number of hydrogen-bond acceptors (Lipinski definition) is 3. The third-order valence-corrected chi connectivity index (χ3v) is 5.15. The Morgan fingerprint density at radius 2 is 2.11 bits per heavy atom. The minimum absolute atomic E-state index is 0.0698. The summed E-state index contributed by atoms with van der Waals surface area (Å²) in [6, 6.07) is 0. The van der Waals surface area contributed by atoms with Crippen molar-refractivity contribution in [3.05, 3.63) is 0 Å². The maximum absolute atomic E-state index is 12.1. The monoisotopic (exact) mass is 292 g/mol. The van der Waals surface area contributed by atoms with Crippen molar-refractivity contribution in [3.8, 4) is 0 Å². The van der Waals surface area contributed by atoms with Gasteiger partial charge in [0.05, 0.1) is 0 Å². The van der Waals surface area contributed by atoms with Gasteiger partial charge in [-0.1, -0.05) is 26.7 Å². The number of aliphatic hydroxyl groups is 1. The summed E-state index contributed by atoms with van der Waals surface area (Å²) in [5.74, 6) is 0.760. The van der Waals surface area contributed by atoms with E-state index < -0.39 is 10.2 Å². The van der Waals surface area contributed by atoms with Crippen molar-refractivity contribution in [2.75, 3.05) is 26.2 Å². The fourth-order valence-electron chi connectivity index (χ4n) is 2.36. The Labute approximate surface area is 117 Å². The summed E-state index contributed by atoms with van der Waals surface area (Å²) in [6.07, 6.45) is 4.82. The Morgan fingerprint density at radius 3 is 2.74 bits per heavy atom. The minimum atomic E-state index is -3.35. The molecule has 1 atom stereocenters. The topological polar surface area (TPSA) is 69.6 Å². The van der Waals surface area contributed by atoms with Gasteiger partial charge in [-0.05, 0) is 31.1 Å². The first kappa shape index (κ1) is 16.9. The predicted octanol–water partition coefficient (Wildman–Crippen LogP) is 1.35. The average molecular weight is 292 g/mol. The van der Waals surface area contributed by atoms with Crippen LogP contribution in [-0.2, 0) is 10.2 Å². The second kappa shape index (κ2) is 8.19. The molecule has 1 saturated heterocycles. The van der Waals surface area contributed by atoms with Crippen LogP contribution in [0.3, 0.4) is 0 Å². The van der Waals surface area contributed by atoms with Crippen molar-refractivity contribution in [1.29, 1.82) is 0 Å². The summed E-state index contributed by atoms with van der Waals surface area (Å²) in [7, 11) is -3.35. The summed E-state index contributed by atoms with van der Waals surface area (Å²) in [4.78, 5) is 0. The van der Waals surface area contributed by atoms with Crippen LogP contribution < -0.4 is 4.72 Å². The fourth-order valence-corrected chi connectivity index (χ4v) is 3.73. The summed E-state index contributed by atoms with van der Waals surface area (Å²) in [5, 5.41) is 9.13. The standard InChI is InChI=1S/C13H28N2O3S/c1-12(2)6-3-4-8-14-19(17,18)15-9-5-7-13(10-15)11-16/h12-14,16H,3-11H2,1-2H3. The third-order valence-electron chi connectivity index (χ3n) is 3.57. The number of piperidine rings is 1. The van der Waals surface area contributed by atoms with Crippen LogP contribution in [-0.4, -0.2) is 44.1 Å². The van der Waals surface area contributed by atoms with Crippen LogP contribution in [0.25, 0.3) is 0 Å². The lowest BCUT2D eigenvalue weighted by Gasteiger charge is -2.30. The van der Waals surface area contributed by atoms with E-state index in [1.54, 1.807) is 0 Å². The number of unbranched alkanes of at least 4 members (excludes halogenated alkanes) is 1. The van der Waals surface area contributed by atoms with Crippen LogP contribution in [0.5, 0.6) is 0 Å². The van der Waals surface area contributed by atoms with E-state index >= 15 is 0 Å². The van der Waals surface area contributed by atoms with E-state index in [0.717, 1.165) is 32.1 Å². The zero-order chi connectivity index (χ0) is 14.3. The SMILES string of the molecule is CC(C)CCCCNS(=O)(=O)N1CCCC(CO)C1. The Bertz CT molecular complexity index is 344. The van der Waals surface area contributed by atoms with Gasteiger partial charge in [0.15, 0.2) is 0 Å². The zero-order valence-electron chi connectivity index (χ0n) is 12.1. The summed E-state index contributed by atoms with van der Waals surface area (Å²) in [6.45, 7) is 5.94. The molecular formula is C13H28N2O3S. The molecule has 6 heteroatoms. The van der Waals surface area contributed by atoms with Gasteiger partial charge in [-0.25, -0.2) is 4.72 Å². The molecule has 0 bridgehead atoms. The smallest absolute Gasteiger partial charge is 0.279 e. The first-order valence-corrected chi connectivity index (χ1v) is 8.75. The Morgan fingerprint density at radius 1 is 1.37 bits per heavy atom. The molecule has 1 aliphatic rings. The first-order valence-electron chi connectivity index (χ1n) is 7.31. The molecular weight excluding hydrogens is 264 g/mol. The quantitative estimate of drug-likeness (QED) is 0.664. The molecule has 0 aromatic rings. The highest BCUT2D eigenvalue weighted by atomic mass is 32.2. The number of rotatable bonds is 8. The maximum Gasteiger partial charge on any atom is 0.279 e. The summed E-state index contributed by atoms with van der Waals surface area (Å²) >= 11 is 0. The van der Waals surface area contributed by atoms with Gasteiger partial charge in [0, 0.05) is 26.2 Å². The summed E-state index contributed by atoms with van der Waals surface area (Å²) in [5.41, 5.74) is 0. The van der Waals surface area contributed by atoms with E-state index in [9.17, 15) is 8.42 Å². The number of aliphatic hydroxyl groups excluding tert-OH is 1. The highest BCUT2D eigenvalue weighted by Gasteiger charge is 2.27. The highest BCUT2D eigenvalue weighted by molar-refractivity contribution is 7.87. The van der Waals surface area contributed by atoms with E-state index in [4.69, 9.17) is 5.11 Å². The lowest BCUT2D eigenvalue weighted by Crippen LogP contribution is -2.46. The van der Waals surface area contributed by atoms with Crippen LogP contribution in [0.4, 0.5) is 0 Å². The molecule has 0 spiro atoms. The van der Waals surface area contributed by atoms with Crippen LogP contribution in [0.1, 0.15) is 46.0 Å². The van der Waals surface area contributed by atoms with Crippen LogP contribution in [0.15, 0.2) is 0 Å². The largest absolute Gasteiger partial charge is 0.396 e. The van der Waals surface area contributed by atoms with Crippen molar-refractivity contribution in [2.24, 2.45) is 11.8 Å². The Balaban J connectivity index is 2.30. The van der Waals surface area contributed by atoms with Crippen molar-refractivity contribution in [3.63, 3.8) is 0 Å². The lowest BCUT2D eigenvalue weighted by atomic mass is 10.0. The Hall–Kier alpha value is -0.170. The molecule has 0 aliphatic carbocycles. The number of hydrogen-bond donors (Lipinski definition) is 2. The van der Waals surface area contributed by atoms with Crippen LogP contribution in [0.2, 0.25) is 0 Å². The number of nitrogens with zero attached hydrogens (tertiary/aromatic N) is 1. The molecule has 5 nitrogen and oxygen atoms in total. The maximum atomic E-state index is 12.1. The van der Waals surface area contributed by atoms with Crippen molar-refractivity contribution in [2.45, 2.75) is 46.0 Å². The fraction of sp³-hybridized carbons (Fsp3) is 1.00.